The summed E-state index contributed by atoms with van der Waals surface area (Å²) in [5.74, 6) is 0. The minimum atomic E-state index is -0.443. The van der Waals surface area contributed by atoms with Gasteiger partial charge in [-0.15, -0.1) is 0 Å². The van der Waals surface area contributed by atoms with Gasteiger partial charge in [0.1, 0.15) is 6.10 Å². The van der Waals surface area contributed by atoms with Crippen LogP contribution in [0.4, 0.5) is 0 Å². The normalized spacial score (nSPS) is 20.9. The number of aromatic nitrogens is 2. The molecule has 1 saturated carbocycles. The number of rotatable bonds is 5. The molecule has 114 valence electrons. The van der Waals surface area contributed by atoms with Crippen molar-refractivity contribution in [1.29, 1.82) is 0 Å². The Morgan fingerprint density at radius 2 is 1.95 bits per heavy atom. The first-order valence-corrected chi connectivity index (χ1v) is 7.98. The summed E-state index contributed by atoms with van der Waals surface area (Å²) >= 11 is 0. The van der Waals surface area contributed by atoms with Crippen LogP contribution in [-0.4, -0.2) is 39.4 Å². The van der Waals surface area contributed by atoms with Crippen LogP contribution < -0.4 is 0 Å². The lowest BCUT2D eigenvalue weighted by molar-refractivity contribution is -0.0199. The van der Waals surface area contributed by atoms with Gasteiger partial charge in [-0.3, -0.25) is 4.68 Å². The third kappa shape index (κ3) is 3.07. The van der Waals surface area contributed by atoms with E-state index in [9.17, 15) is 5.11 Å². The maximum Gasteiger partial charge on any atom is 0.100 e. The van der Waals surface area contributed by atoms with Crippen molar-refractivity contribution in [3.63, 3.8) is 0 Å². The number of aliphatic hydroxyl groups is 1. The van der Waals surface area contributed by atoms with Crippen LogP contribution >= 0.6 is 0 Å². The Balaban J connectivity index is 2.22. The number of nitrogens with zero attached hydrogens (tertiary/aromatic N) is 3. The molecule has 1 aromatic heterocycles. The van der Waals surface area contributed by atoms with Crippen LogP contribution in [0.25, 0.3) is 0 Å². The SMILES string of the molecule is CCCn1cc(C(O)C2(N(C)C)CCCCCC2)cn1. The van der Waals surface area contributed by atoms with Gasteiger partial charge in [-0.1, -0.05) is 32.6 Å². The average Bonchev–Trinajstić information content (AvgIpc) is 2.74. The molecule has 0 amide bonds. The number of aryl methyl sites for hydroxylation is 1. The van der Waals surface area contributed by atoms with Gasteiger partial charge in [0, 0.05) is 18.3 Å². The molecule has 1 aromatic rings. The van der Waals surface area contributed by atoms with Crippen LogP contribution in [0.5, 0.6) is 0 Å². The lowest BCUT2D eigenvalue weighted by atomic mass is 9.81. The summed E-state index contributed by atoms with van der Waals surface area (Å²) in [6.07, 6.45) is 11.6. The van der Waals surface area contributed by atoms with Crippen LogP contribution in [-0.2, 0) is 6.54 Å². The van der Waals surface area contributed by atoms with E-state index in [0.717, 1.165) is 31.4 Å². The molecule has 0 spiro atoms. The molecule has 1 heterocycles. The molecule has 4 heteroatoms. The summed E-state index contributed by atoms with van der Waals surface area (Å²) in [5.41, 5.74) is 0.838. The van der Waals surface area contributed by atoms with Crippen LogP contribution in [0.3, 0.4) is 0 Å². The fourth-order valence-corrected chi connectivity index (χ4v) is 3.49. The standard InChI is InChI=1S/C16H29N3O/c1-4-11-19-13-14(12-17-19)15(20)16(18(2)3)9-7-5-6-8-10-16/h12-13,15,20H,4-11H2,1-3H3. The summed E-state index contributed by atoms with van der Waals surface area (Å²) in [6.45, 7) is 3.06. The summed E-state index contributed by atoms with van der Waals surface area (Å²) in [7, 11) is 4.20. The minimum absolute atomic E-state index is 0.128. The summed E-state index contributed by atoms with van der Waals surface area (Å²) in [5, 5.41) is 15.4. The third-order valence-electron chi connectivity index (χ3n) is 4.79. The van der Waals surface area contributed by atoms with Gasteiger partial charge in [-0.05, 0) is 33.4 Å². The third-order valence-corrected chi connectivity index (χ3v) is 4.79. The van der Waals surface area contributed by atoms with E-state index in [1.807, 2.05) is 17.1 Å². The monoisotopic (exact) mass is 279 g/mol. The van der Waals surface area contributed by atoms with Crippen LogP contribution in [0, 0.1) is 0 Å². The zero-order valence-corrected chi connectivity index (χ0v) is 13.2. The molecule has 0 aliphatic heterocycles. The number of hydrogen-bond donors (Lipinski definition) is 1. The molecular formula is C16H29N3O. The zero-order chi connectivity index (χ0) is 14.6. The van der Waals surface area contributed by atoms with Gasteiger partial charge < -0.3 is 10.0 Å². The molecule has 1 aliphatic rings. The summed E-state index contributed by atoms with van der Waals surface area (Å²) in [6, 6.07) is 0. The van der Waals surface area contributed by atoms with Crippen LogP contribution in [0.1, 0.15) is 63.5 Å². The van der Waals surface area contributed by atoms with Gasteiger partial charge in [0.25, 0.3) is 0 Å². The van der Waals surface area contributed by atoms with Crippen molar-refractivity contribution >= 4 is 0 Å². The Kier molecular flexibility index (Phi) is 5.22. The number of aliphatic hydroxyl groups excluding tert-OH is 1. The minimum Gasteiger partial charge on any atom is -0.386 e. The lowest BCUT2D eigenvalue weighted by Crippen LogP contribution is -2.48. The molecule has 2 rings (SSSR count). The largest absolute Gasteiger partial charge is 0.386 e. The van der Waals surface area contributed by atoms with E-state index in [1.165, 1.54) is 25.7 Å². The van der Waals surface area contributed by atoms with Crippen molar-refractivity contribution in [2.45, 2.75) is 70.1 Å². The van der Waals surface area contributed by atoms with Gasteiger partial charge in [0.2, 0.25) is 0 Å². The van der Waals surface area contributed by atoms with Crippen molar-refractivity contribution in [1.82, 2.24) is 14.7 Å². The molecule has 1 N–H and O–H groups in total. The van der Waals surface area contributed by atoms with Crippen molar-refractivity contribution in [3.05, 3.63) is 18.0 Å². The highest BCUT2D eigenvalue weighted by atomic mass is 16.3. The van der Waals surface area contributed by atoms with Crippen molar-refractivity contribution < 1.29 is 5.11 Å². The maximum atomic E-state index is 11.0. The van der Waals surface area contributed by atoms with Gasteiger partial charge in [-0.2, -0.15) is 5.10 Å². The quantitative estimate of drug-likeness (QED) is 0.843. The fourth-order valence-electron chi connectivity index (χ4n) is 3.49. The Morgan fingerprint density at radius 1 is 1.30 bits per heavy atom. The van der Waals surface area contributed by atoms with E-state index in [-0.39, 0.29) is 5.54 Å². The Morgan fingerprint density at radius 3 is 2.50 bits per heavy atom. The topological polar surface area (TPSA) is 41.3 Å². The van der Waals surface area contributed by atoms with E-state index in [2.05, 4.69) is 31.0 Å². The lowest BCUT2D eigenvalue weighted by Gasteiger charge is -2.43. The molecule has 1 fully saturated rings. The predicted molar refractivity (Wildman–Crippen MR) is 81.6 cm³/mol. The molecule has 0 radical (unpaired) electrons. The molecule has 20 heavy (non-hydrogen) atoms. The molecule has 0 bridgehead atoms. The zero-order valence-electron chi connectivity index (χ0n) is 13.2. The van der Waals surface area contributed by atoms with E-state index >= 15 is 0 Å². The van der Waals surface area contributed by atoms with Crippen molar-refractivity contribution in [2.75, 3.05) is 14.1 Å². The maximum absolute atomic E-state index is 11.0. The van der Waals surface area contributed by atoms with Gasteiger partial charge >= 0.3 is 0 Å². The smallest absolute Gasteiger partial charge is 0.100 e. The van der Waals surface area contributed by atoms with Crippen molar-refractivity contribution in [3.8, 4) is 0 Å². The molecule has 0 saturated heterocycles. The molecule has 1 unspecified atom stereocenters. The molecular weight excluding hydrogens is 250 g/mol. The van der Waals surface area contributed by atoms with Crippen molar-refractivity contribution in [2.24, 2.45) is 0 Å². The number of likely N-dealkylation sites (N-methyl/N-ethyl adjacent to an activating group) is 1. The van der Waals surface area contributed by atoms with Crippen LogP contribution in [0.15, 0.2) is 12.4 Å². The van der Waals surface area contributed by atoms with E-state index in [0.29, 0.717) is 0 Å². The Hall–Kier alpha value is -0.870. The summed E-state index contributed by atoms with van der Waals surface area (Å²) in [4.78, 5) is 2.24. The first kappa shape index (κ1) is 15.5. The number of hydrogen-bond acceptors (Lipinski definition) is 3. The Bertz CT molecular complexity index is 406. The average molecular weight is 279 g/mol. The molecule has 1 atom stereocenters. The second kappa shape index (κ2) is 6.72. The van der Waals surface area contributed by atoms with Gasteiger partial charge in [0.15, 0.2) is 0 Å². The van der Waals surface area contributed by atoms with Gasteiger partial charge in [0.05, 0.1) is 11.7 Å². The predicted octanol–water partition coefficient (Wildman–Crippen LogP) is 2.98. The summed E-state index contributed by atoms with van der Waals surface area (Å²) < 4.78 is 1.94. The van der Waals surface area contributed by atoms with E-state index in [1.54, 1.807) is 0 Å². The van der Waals surface area contributed by atoms with E-state index in [4.69, 9.17) is 0 Å². The molecule has 1 aliphatic carbocycles. The first-order valence-electron chi connectivity index (χ1n) is 7.98. The van der Waals surface area contributed by atoms with Crippen LogP contribution in [0.2, 0.25) is 0 Å². The second-order valence-electron chi connectivity index (χ2n) is 6.35. The highest BCUT2D eigenvalue weighted by Gasteiger charge is 2.41. The van der Waals surface area contributed by atoms with Gasteiger partial charge in [-0.25, -0.2) is 0 Å². The molecule has 4 nitrogen and oxygen atoms in total. The molecule has 0 aromatic carbocycles. The Labute approximate surface area is 122 Å². The second-order valence-corrected chi connectivity index (χ2v) is 6.35. The highest BCUT2D eigenvalue weighted by Crippen LogP contribution is 2.40. The first-order chi connectivity index (χ1) is 9.60. The fraction of sp³-hybridized carbons (Fsp3) is 0.812. The highest BCUT2D eigenvalue weighted by molar-refractivity contribution is 5.15. The van der Waals surface area contributed by atoms with E-state index < -0.39 is 6.10 Å².